The van der Waals surface area contributed by atoms with Gasteiger partial charge in [0.1, 0.15) is 0 Å². The molecule has 0 unspecified atom stereocenters. The topological polar surface area (TPSA) is 55.1 Å². The fourth-order valence-electron chi connectivity index (χ4n) is 1.65. The van der Waals surface area contributed by atoms with Gasteiger partial charge in [0.2, 0.25) is 0 Å². The van der Waals surface area contributed by atoms with Crippen molar-refractivity contribution in [2.24, 2.45) is 0 Å². The lowest BCUT2D eigenvalue weighted by Crippen LogP contribution is -2.32. The number of halogens is 1. The first-order valence-electron chi connectivity index (χ1n) is 5.45. The highest BCUT2D eigenvalue weighted by Crippen LogP contribution is 2.46. The molecule has 17 heavy (non-hydrogen) atoms. The highest BCUT2D eigenvalue weighted by molar-refractivity contribution is 9.10. The maximum absolute atomic E-state index is 12.0. The fraction of sp³-hybridized carbons (Fsp3) is 0.417. The standard InChI is InChI=1S/C12H15BrN2OS/c1-17-12(4-5-12)7-15-11(16)9-6-8(13)2-3-10(9)14/h2-3,6H,4-5,7,14H2,1H3,(H,15,16). The summed E-state index contributed by atoms with van der Waals surface area (Å²) in [6, 6.07) is 5.32. The molecule has 0 heterocycles. The lowest BCUT2D eigenvalue weighted by Gasteiger charge is -2.14. The Kier molecular flexibility index (Phi) is 3.68. The maximum atomic E-state index is 12.0. The summed E-state index contributed by atoms with van der Waals surface area (Å²) in [5.41, 5.74) is 6.84. The number of anilines is 1. The number of thioether (sulfide) groups is 1. The van der Waals surface area contributed by atoms with Crippen molar-refractivity contribution in [2.75, 3.05) is 18.5 Å². The third kappa shape index (κ3) is 2.96. The van der Waals surface area contributed by atoms with Crippen molar-refractivity contribution in [3.63, 3.8) is 0 Å². The van der Waals surface area contributed by atoms with E-state index in [2.05, 4.69) is 27.5 Å². The second kappa shape index (κ2) is 4.90. The summed E-state index contributed by atoms with van der Waals surface area (Å²) >= 11 is 5.17. The first kappa shape index (κ1) is 12.8. The maximum Gasteiger partial charge on any atom is 0.253 e. The average molecular weight is 315 g/mol. The van der Waals surface area contributed by atoms with Crippen LogP contribution >= 0.6 is 27.7 Å². The van der Waals surface area contributed by atoms with E-state index in [0.29, 0.717) is 11.3 Å². The van der Waals surface area contributed by atoms with E-state index in [4.69, 9.17) is 5.73 Å². The smallest absolute Gasteiger partial charge is 0.253 e. The number of nitrogen functional groups attached to an aromatic ring is 1. The van der Waals surface area contributed by atoms with Crippen LogP contribution in [0.4, 0.5) is 5.69 Å². The zero-order chi connectivity index (χ0) is 12.5. The number of carbonyl (C=O) groups is 1. The van der Waals surface area contributed by atoms with Gasteiger partial charge in [0, 0.05) is 21.5 Å². The first-order valence-corrected chi connectivity index (χ1v) is 7.46. The molecule has 1 aromatic carbocycles. The number of nitrogens with one attached hydrogen (secondary N) is 1. The Morgan fingerprint density at radius 3 is 2.88 bits per heavy atom. The summed E-state index contributed by atoms with van der Waals surface area (Å²) in [6.07, 6.45) is 4.46. The molecule has 0 bridgehead atoms. The van der Waals surface area contributed by atoms with Crippen LogP contribution in [0.2, 0.25) is 0 Å². The van der Waals surface area contributed by atoms with Crippen LogP contribution in [-0.4, -0.2) is 23.5 Å². The molecule has 0 aromatic heterocycles. The van der Waals surface area contributed by atoms with Gasteiger partial charge in [0.05, 0.1) is 5.56 Å². The van der Waals surface area contributed by atoms with Gasteiger partial charge >= 0.3 is 0 Å². The van der Waals surface area contributed by atoms with Crippen LogP contribution in [0.15, 0.2) is 22.7 Å². The highest BCUT2D eigenvalue weighted by atomic mass is 79.9. The number of carbonyl (C=O) groups excluding carboxylic acids is 1. The summed E-state index contributed by atoms with van der Waals surface area (Å²) in [6.45, 7) is 0.721. The van der Waals surface area contributed by atoms with Crippen LogP contribution in [0.25, 0.3) is 0 Å². The van der Waals surface area contributed by atoms with Gasteiger partial charge in [-0.05, 0) is 37.3 Å². The van der Waals surface area contributed by atoms with Gasteiger partial charge in [-0.15, -0.1) is 0 Å². The molecule has 5 heteroatoms. The van der Waals surface area contributed by atoms with E-state index in [9.17, 15) is 4.79 Å². The fourth-order valence-corrected chi connectivity index (χ4v) is 2.74. The predicted octanol–water partition coefficient (Wildman–Crippen LogP) is 2.66. The van der Waals surface area contributed by atoms with Gasteiger partial charge in [0.25, 0.3) is 5.91 Å². The Bertz CT molecular complexity index is 446. The molecular weight excluding hydrogens is 300 g/mol. The lowest BCUT2D eigenvalue weighted by atomic mass is 10.1. The molecule has 1 amide bonds. The number of hydrogen-bond acceptors (Lipinski definition) is 3. The molecule has 0 radical (unpaired) electrons. The van der Waals surface area contributed by atoms with Gasteiger partial charge in [-0.2, -0.15) is 11.8 Å². The molecule has 0 aliphatic heterocycles. The van der Waals surface area contributed by atoms with E-state index >= 15 is 0 Å². The van der Waals surface area contributed by atoms with Gasteiger partial charge in [-0.3, -0.25) is 4.79 Å². The third-order valence-electron chi connectivity index (χ3n) is 3.07. The average Bonchev–Trinajstić information content (AvgIpc) is 3.10. The Labute approximate surface area is 114 Å². The quantitative estimate of drug-likeness (QED) is 0.840. The van der Waals surface area contributed by atoms with Gasteiger partial charge in [0.15, 0.2) is 0 Å². The number of benzene rings is 1. The van der Waals surface area contributed by atoms with Crippen LogP contribution < -0.4 is 11.1 Å². The van der Waals surface area contributed by atoms with Crippen LogP contribution in [0.5, 0.6) is 0 Å². The summed E-state index contributed by atoms with van der Waals surface area (Å²) in [5, 5.41) is 2.96. The summed E-state index contributed by atoms with van der Waals surface area (Å²) in [5.74, 6) is -0.0934. The summed E-state index contributed by atoms with van der Waals surface area (Å²) < 4.78 is 1.14. The molecule has 1 fully saturated rings. The minimum absolute atomic E-state index is 0.0934. The molecule has 0 saturated heterocycles. The van der Waals surface area contributed by atoms with Crippen molar-refractivity contribution in [1.29, 1.82) is 0 Å². The third-order valence-corrected chi connectivity index (χ3v) is 4.98. The molecule has 1 saturated carbocycles. The number of nitrogens with two attached hydrogens (primary N) is 1. The Morgan fingerprint density at radius 1 is 1.59 bits per heavy atom. The lowest BCUT2D eigenvalue weighted by molar-refractivity contribution is 0.0954. The SMILES string of the molecule is CSC1(CNC(=O)c2cc(Br)ccc2N)CC1. The first-order chi connectivity index (χ1) is 8.06. The van der Waals surface area contributed by atoms with Crippen LogP contribution in [-0.2, 0) is 0 Å². The second-order valence-corrected chi connectivity index (χ2v) is 6.49. The van der Waals surface area contributed by atoms with Crippen LogP contribution in [0.3, 0.4) is 0 Å². The van der Waals surface area contributed by atoms with Gasteiger partial charge < -0.3 is 11.1 Å². The van der Waals surface area contributed by atoms with E-state index in [0.717, 1.165) is 11.0 Å². The predicted molar refractivity (Wildman–Crippen MR) is 76.4 cm³/mol. The molecule has 0 atom stereocenters. The molecule has 3 nitrogen and oxygen atoms in total. The Hall–Kier alpha value is -0.680. The molecule has 92 valence electrons. The number of hydrogen-bond donors (Lipinski definition) is 2. The zero-order valence-electron chi connectivity index (χ0n) is 9.63. The van der Waals surface area contributed by atoms with Crippen molar-refractivity contribution in [3.05, 3.63) is 28.2 Å². The molecular formula is C12H15BrN2OS. The van der Waals surface area contributed by atoms with Crippen molar-refractivity contribution >= 4 is 39.3 Å². The van der Waals surface area contributed by atoms with Crippen molar-refractivity contribution < 1.29 is 4.79 Å². The monoisotopic (exact) mass is 314 g/mol. The number of amides is 1. The minimum Gasteiger partial charge on any atom is -0.398 e. The highest BCUT2D eigenvalue weighted by Gasteiger charge is 2.41. The Morgan fingerprint density at radius 2 is 2.29 bits per heavy atom. The van der Waals surface area contributed by atoms with Crippen LogP contribution in [0, 0.1) is 0 Å². The van der Waals surface area contributed by atoms with Crippen molar-refractivity contribution in [2.45, 2.75) is 17.6 Å². The van der Waals surface area contributed by atoms with E-state index in [1.54, 1.807) is 12.1 Å². The second-order valence-electron chi connectivity index (χ2n) is 4.30. The molecule has 1 aliphatic rings. The van der Waals surface area contributed by atoms with Gasteiger partial charge in [-0.1, -0.05) is 15.9 Å². The molecule has 2 rings (SSSR count). The molecule has 0 spiro atoms. The molecule has 3 N–H and O–H groups in total. The van der Waals surface area contributed by atoms with E-state index < -0.39 is 0 Å². The normalized spacial score (nSPS) is 16.6. The molecule has 1 aliphatic carbocycles. The van der Waals surface area contributed by atoms with Gasteiger partial charge in [-0.25, -0.2) is 0 Å². The van der Waals surface area contributed by atoms with Crippen molar-refractivity contribution in [3.8, 4) is 0 Å². The van der Waals surface area contributed by atoms with E-state index in [-0.39, 0.29) is 10.7 Å². The minimum atomic E-state index is -0.0934. The molecule has 1 aromatic rings. The number of rotatable bonds is 4. The zero-order valence-corrected chi connectivity index (χ0v) is 12.0. The van der Waals surface area contributed by atoms with Crippen LogP contribution in [0.1, 0.15) is 23.2 Å². The van der Waals surface area contributed by atoms with E-state index in [1.807, 2.05) is 17.8 Å². The van der Waals surface area contributed by atoms with E-state index in [1.165, 1.54) is 12.8 Å². The largest absolute Gasteiger partial charge is 0.398 e. The van der Waals surface area contributed by atoms with Crippen molar-refractivity contribution in [1.82, 2.24) is 5.32 Å². The summed E-state index contributed by atoms with van der Waals surface area (Å²) in [4.78, 5) is 12.0. The Balaban J connectivity index is 2.02. The summed E-state index contributed by atoms with van der Waals surface area (Å²) in [7, 11) is 0.